The van der Waals surface area contributed by atoms with Crippen molar-refractivity contribution in [2.45, 2.75) is 20.0 Å². The maximum atomic E-state index is 12.3. The van der Waals surface area contributed by atoms with Crippen LogP contribution in [-0.4, -0.2) is 61.5 Å². The lowest BCUT2D eigenvalue weighted by Crippen LogP contribution is -2.49. The fourth-order valence-electron chi connectivity index (χ4n) is 3.47. The number of rotatable bonds is 7. The number of piperazine rings is 1. The summed E-state index contributed by atoms with van der Waals surface area (Å²) < 4.78 is 4.69. The first-order chi connectivity index (χ1) is 14.0. The van der Waals surface area contributed by atoms with E-state index in [1.165, 1.54) is 18.2 Å². The molecule has 1 aliphatic heterocycles. The zero-order valence-electron chi connectivity index (χ0n) is 17.2. The average molecular weight is 396 g/mol. The zero-order valence-corrected chi connectivity index (χ0v) is 17.2. The van der Waals surface area contributed by atoms with E-state index >= 15 is 0 Å². The number of nitrogens with one attached hydrogen (secondary N) is 1. The number of methoxy groups -OCH3 is 1. The van der Waals surface area contributed by atoms with Gasteiger partial charge in [0.1, 0.15) is 0 Å². The molecule has 0 spiro atoms. The summed E-state index contributed by atoms with van der Waals surface area (Å²) in [6.07, 6.45) is 0. The first-order valence-electron chi connectivity index (χ1n) is 9.98. The summed E-state index contributed by atoms with van der Waals surface area (Å²) in [6, 6.07) is 15.6. The normalized spacial score (nSPS) is 15.1. The predicted molar refractivity (Wildman–Crippen MR) is 113 cm³/mol. The molecule has 6 heteroatoms. The quantitative estimate of drug-likeness (QED) is 0.729. The molecule has 0 aromatic heterocycles. The van der Waals surface area contributed by atoms with Crippen molar-refractivity contribution in [2.75, 3.05) is 39.8 Å². The third kappa shape index (κ3) is 6.14. The van der Waals surface area contributed by atoms with Gasteiger partial charge in [0.25, 0.3) is 0 Å². The molecule has 29 heavy (non-hydrogen) atoms. The highest BCUT2D eigenvalue weighted by Gasteiger charge is 2.19. The summed E-state index contributed by atoms with van der Waals surface area (Å²) in [4.78, 5) is 28.4. The number of hydrogen-bond acceptors (Lipinski definition) is 5. The van der Waals surface area contributed by atoms with Crippen LogP contribution in [0.4, 0.5) is 0 Å². The summed E-state index contributed by atoms with van der Waals surface area (Å²) in [5, 5.41) is 2.96. The van der Waals surface area contributed by atoms with Gasteiger partial charge in [0.05, 0.1) is 19.2 Å². The minimum Gasteiger partial charge on any atom is -0.465 e. The van der Waals surface area contributed by atoms with Crippen LogP contribution in [-0.2, 0) is 22.6 Å². The number of benzene rings is 2. The molecule has 2 aromatic carbocycles. The van der Waals surface area contributed by atoms with Crippen molar-refractivity contribution >= 4 is 11.9 Å². The molecule has 1 saturated heterocycles. The third-order valence-corrected chi connectivity index (χ3v) is 5.35. The number of ether oxygens (including phenoxy) is 1. The highest BCUT2D eigenvalue weighted by Crippen LogP contribution is 2.12. The molecule has 0 bridgehead atoms. The van der Waals surface area contributed by atoms with E-state index in [1.54, 1.807) is 12.1 Å². The Hall–Kier alpha value is -2.70. The molecule has 1 N–H and O–H groups in total. The SMILES string of the molecule is COC(=O)c1ccc(CNC(=O)CN2CCN(Cc3ccccc3C)CC2)cc1. The van der Waals surface area contributed by atoms with E-state index in [-0.39, 0.29) is 11.9 Å². The van der Waals surface area contributed by atoms with Gasteiger partial charge < -0.3 is 10.1 Å². The van der Waals surface area contributed by atoms with Crippen LogP contribution in [0.15, 0.2) is 48.5 Å². The van der Waals surface area contributed by atoms with Crippen LogP contribution in [0.2, 0.25) is 0 Å². The van der Waals surface area contributed by atoms with E-state index in [0.717, 1.165) is 38.3 Å². The fourth-order valence-corrected chi connectivity index (χ4v) is 3.47. The van der Waals surface area contributed by atoms with Crippen LogP contribution in [0.3, 0.4) is 0 Å². The highest BCUT2D eigenvalue weighted by molar-refractivity contribution is 5.89. The number of esters is 1. The van der Waals surface area contributed by atoms with Gasteiger partial charge in [-0.25, -0.2) is 4.79 Å². The van der Waals surface area contributed by atoms with Gasteiger partial charge in [0.2, 0.25) is 5.91 Å². The zero-order chi connectivity index (χ0) is 20.6. The Morgan fingerprint density at radius 3 is 2.28 bits per heavy atom. The van der Waals surface area contributed by atoms with E-state index in [0.29, 0.717) is 18.7 Å². The van der Waals surface area contributed by atoms with E-state index in [4.69, 9.17) is 0 Å². The second kappa shape index (κ2) is 10.2. The average Bonchev–Trinajstić information content (AvgIpc) is 2.75. The Morgan fingerprint density at radius 2 is 1.62 bits per heavy atom. The maximum absolute atomic E-state index is 12.3. The van der Waals surface area contributed by atoms with Crippen LogP contribution < -0.4 is 5.32 Å². The van der Waals surface area contributed by atoms with Crippen molar-refractivity contribution < 1.29 is 14.3 Å². The minimum absolute atomic E-state index is 0.0226. The second-order valence-electron chi connectivity index (χ2n) is 7.44. The number of carbonyl (C=O) groups excluding carboxylic acids is 2. The Bertz CT molecular complexity index is 828. The van der Waals surface area contributed by atoms with Gasteiger partial charge >= 0.3 is 5.97 Å². The lowest BCUT2D eigenvalue weighted by Gasteiger charge is -2.34. The van der Waals surface area contributed by atoms with Crippen molar-refractivity contribution in [3.8, 4) is 0 Å². The molecule has 0 aliphatic carbocycles. The molecule has 6 nitrogen and oxygen atoms in total. The molecular formula is C23H29N3O3. The van der Waals surface area contributed by atoms with Gasteiger partial charge in [0, 0.05) is 39.3 Å². The Labute approximate surface area is 172 Å². The number of aryl methyl sites for hydroxylation is 1. The van der Waals surface area contributed by atoms with Crippen molar-refractivity contribution in [1.82, 2.24) is 15.1 Å². The number of nitrogens with zero attached hydrogens (tertiary/aromatic N) is 2. The molecule has 0 radical (unpaired) electrons. The molecular weight excluding hydrogens is 366 g/mol. The third-order valence-electron chi connectivity index (χ3n) is 5.35. The Kier molecular flexibility index (Phi) is 7.38. The smallest absolute Gasteiger partial charge is 0.337 e. The van der Waals surface area contributed by atoms with Gasteiger partial charge in [-0.15, -0.1) is 0 Å². The molecule has 3 rings (SSSR count). The first kappa shape index (κ1) is 21.0. The molecule has 154 valence electrons. The maximum Gasteiger partial charge on any atom is 0.337 e. The molecule has 1 fully saturated rings. The van der Waals surface area contributed by atoms with Gasteiger partial charge in [-0.1, -0.05) is 36.4 Å². The number of carbonyl (C=O) groups is 2. The monoisotopic (exact) mass is 395 g/mol. The first-order valence-corrected chi connectivity index (χ1v) is 9.98. The molecule has 1 heterocycles. The lowest BCUT2D eigenvalue weighted by molar-refractivity contribution is -0.122. The lowest BCUT2D eigenvalue weighted by atomic mass is 10.1. The predicted octanol–water partition coefficient (Wildman–Crippen LogP) is 2.22. The van der Waals surface area contributed by atoms with Gasteiger partial charge in [-0.3, -0.25) is 14.6 Å². The molecule has 0 atom stereocenters. The van der Waals surface area contributed by atoms with E-state index in [2.05, 4.69) is 51.0 Å². The number of hydrogen-bond donors (Lipinski definition) is 1. The van der Waals surface area contributed by atoms with Gasteiger partial charge in [0.15, 0.2) is 0 Å². The minimum atomic E-state index is -0.359. The topological polar surface area (TPSA) is 61.9 Å². The van der Waals surface area contributed by atoms with Crippen molar-refractivity contribution in [2.24, 2.45) is 0 Å². The standard InChI is InChI=1S/C23H29N3O3/c1-18-5-3-4-6-21(18)16-25-11-13-26(14-12-25)17-22(27)24-15-19-7-9-20(10-8-19)23(28)29-2/h3-10H,11-17H2,1-2H3,(H,24,27). The van der Waals surface area contributed by atoms with Crippen molar-refractivity contribution in [3.63, 3.8) is 0 Å². The molecule has 2 aromatic rings. The van der Waals surface area contributed by atoms with Crippen LogP contribution in [0.25, 0.3) is 0 Å². The van der Waals surface area contributed by atoms with Crippen LogP contribution in [0.1, 0.15) is 27.0 Å². The highest BCUT2D eigenvalue weighted by atomic mass is 16.5. The summed E-state index contributed by atoms with van der Waals surface area (Å²) in [6.45, 7) is 7.71. The van der Waals surface area contributed by atoms with E-state index in [9.17, 15) is 9.59 Å². The summed E-state index contributed by atoms with van der Waals surface area (Å²) in [5.41, 5.74) is 4.16. The second-order valence-corrected chi connectivity index (χ2v) is 7.44. The van der Waals surface area contributed by atoms with Crippen molar-refractivity contribution in [3.05, 3.63) is 70.8 Å². The number of amides is 1. The van der Waals surface area contributed by atoms with E-state index < -0.39 is 0 Å². The molecule has 0 saturated carbocycles. The Balaban J connectivity index is 1.38. The van der Waals surface area contributed by atoms with E-state index in [1.807, 2.05) is 12.1 Å². The molecule has 0 unspecified atom stereocenters. The fraction of sp³-hybridized carbons (Fsp3) is 0.391. The van der Waals surface area contributed by atoms with Crippen LogP contribution in [0, 0.1) is 6.92 Å². The summed E-state index contributed by atoms with van der Waals surface area (Å²) in [5.74, 6) is -0.337. The van der Waals surface area contributed by atoms with Gasteiger partial charge in [-0.05, 0) is 35.7 Å². The summed E-state index contributed by atoms with van der Waals surface area (Å²) >= 11 is 0. The van der Waals surface area contributed by atoms with Gasteiger partial charge in [-0.2, -0.15) is 0 Å². The molecule has 1 amide bonds. The Morgan fingerprint density at radius 1 is 0.966 bits per heavy atom. The largest absolute Gasteiger partial charge is 0.465 e. The summed E-state index contributed by atoms with van der Waals surface area (Å²) in [7, 11) is 1.36. The van der Waals surface area contributed by atoms with Crippen LogP contribution in [0.5, 0.6) is 0 Å². The van der Waals surface area contributed by atoms with Crippen molar-refractivity contribution in [1.29, 1.82) is 0 Å². The van der Waals surface area contributed by atoms with Crippen LogP contribution >= 0.6 is 0 Å². The molecule has 1 aliphatic rings.